The molecule has 0 atom stereocenters. The summed E-state index contributed by atoms with van der Waals surface area (Å²) in [5, 5.41) is 3.11. The number of nitrogens with zero attached hydrogens (tertiary/aromatic N) is 1. The van der Waals surface area contributed by atoms with Crippen molar-refractivity contribution in [2.24, 2.45) is 0 Å². The molecule has 0 unspecified atom stereocenters. The van der Waals surface area contributed by atoms with Crippen molar-refractivity contribution in [1.82, 2.24) is 10.2 Å². The molecule has 0 bridgehead atoms. The van der Waals surface area contributed by atoms with Crippen LogP contribution in [0.15, 0.2) is 0 Å². The van der Waals surface area contributed by atoms with Crippen LogP contribution in [0.2, 0.25) is 0 Å². The van der Waals surface area contributed by atoms with Crippen molar-refractivity contribution in [2.45, 2.75) is 136 Å². The first-order valence-electron chi connectivity index (χ1n) is 13.2. The van der Waals surface area contributed by atoms with Crippen molar-refractivity contribution in [2.75, 3.05) is 26.2 Å². The van der Waals surface area contributed by atoms with Gasteiger partial charge in [-0.15, -0.1) is 0 Å². The molecule has 0 heterocycles. The van der Waals surface area contributed by atoms with Crippen molar-refractivity contribution >= 4 is 5.91 Å². The van der Waals surface area contributed by atoms with E-state index in [1.54, 1.807) is 0 Å². The van der Waals surface area contributed by atoms with Crippen LogP contribution >= 0.6 is 0 Å². The zero-order valence-corrected chi connectivity index (χ0v) is 20.4. The topological polar surface area (TPSA) is 32.3 Å². The van der Waals surface area contributed by atoms with E-state index < -0.39 is 0 Å². The van der Waals surface area contributed by atoms with E-state index in [0.717, 1.165) is 32.6 Å². The molecule has 3 heteroatoms. The second-order valence-corrected chi connectivity index (χ2v) is 8.84. The summed E-state index contributed by atoms with van der Waals surface area (Å²) in [5.41, 5.74) is 0. The quantitative estimate of drug-likeness (QED) is 0.177. The van der Waals surface area contributed by atoms with Crippen molar-refractivity contribution in [3.8, 4) is 0 Å². The van der Waals surface area contributed by atoms with Crippen LogP contribution in [0.3, 0.4) is 0 Å². The Labute approximate surface area is 183 Å². The Hall–Kier alpha value is -0.570. The molecule has 0 aromatic heterocycles. The molecule has 0 aromatic rings. The summed E-state index contributed by atoms with van der Waals surface area (Å²) < 4.78 is 0. The molecule has 3 nitrogen and oxygen atoms in total. The van der Waals surface area contributed by atoms with Gasteiger partial charge in [-0.25, -0.2) is 0 Å². The summed E-state index contributed by atoms with van der Waals surface area (Å²) in [6.45, 7) is 10.7. The fourth-order valence-corrected chi connectivity index (χ4v) is 3.91. The lowest BCUT2D eigenvalue weighted by Gasteiger charge is -2.19. The van der Waals surface area contributed by atoms with E-state index in [2.05, 4.69) is 31.0 Å². The van der Waals surface area contributed by atoms with Crippen molar-refractivity contribution < 1.29 is 4.79 Å². The molecule has 0 aliphatic heterocycles. The summed E-state index contributed by atoms with van der Waals surface area (Å²) >= 11 is 0. The van der Waals surface area contributed by atoms with Crippen molar-refractivity contribution in [3.63, 3.8) is 0 Å². The second kappa shape index (κ2) is 23.7. The summed E-state index contributed by atoms with van der Waals surface area (Å²) in [4.78, 5) is 14.4. The number of hydrogen-bond donors (Lipinski definition) is 1. The minimum absolute atomic E-state index is 0.232. The highest BCUT2D eigenvalue weighted by Gasteiger charge is 2.06. The van der Waals surface area contributed by atoms with Gasteiger partial charge in [-0.3, -0.25) is 4.79 Å². The van der Waals surface area contributed by atoms with Gasteiger partial charge in [-0.2, -0.15) is 0 Å². The van der Waals surface area contributed by atoms with E-state index in [4.69, 9.17) is 0 Å². The molecular weight excluding hydrogens is 356 g/mol. The molecule has 29 heavy (non-hydrogen) atoms. The normalized spacial score (nSPS) is 11.3. The minimum Gasteiger partial charge on any atom is -0.356 e. The molecule has 0 aromatic carbocycles. The number of nitrogens with one attached hydrogen (secondary N) is 1. The molecule has 0 aliphatic carbocycles. The van der Waals surface area contributed by atoms with Crippen LogP contribution in [0.5, 0.6) is 0 Å². The fraction of sp³-hybridized carbons (Fsp3) is 0.962. The van der Waals surface area contributed by atoms with E-state index in [9.17, 15) is 4.79 Å². The molecule has 174 valence electrons. The Morgan fingerprint density at radius 3 is 1.52 bits per heavy atom. The van der Waals surface area contributed by atoms with Gasteiger partial charge in [-0.05, 0) is 25.9 Å². The molecule has 0 spiro atoms. The third kappa shape index (κ3) is 21.9. The number of carbonyl (C=O) groups excluding carboxylic acids is 1. The number of carbonyl (C=O) groups is 1. The Morgan fingerprint density at radius 2 is 1.03 bits per heavy atom. The highest BCUT2D eigenvalue weighted by atomic mass is 16.1. The monoisotopic (exact) mass is 410 g/mol. The first-order valence-corrected chi connectivity index (χ1v) is 13.2. The Balaban J connectivity index is 3.34. The van der Waals surface area contributed by atoms with Gasteiger partial charge in [0.1, 0.15) is 0 Å². The summed E-state index contributed by atoms with van der Waals surface area (Å²) in [5.74, 6) is 0.232. The fourth-order valence-electron chi connectivity index (χ4n) is 3.91. The van der Waals surface area contributed by atoms with Crippen LogP contribution in [-0.2, 0) is 4.79 Å². The Kier molecular flexibility index (Phi) is 23.2. The molecule has 0 aliphatic rings. The van der Waals surface area contributed by atoms with Crippen LogP contribution in [0.1, 0.15) is 136 Å². The number of hydrogen-bond acceptors (Lipinski definition) is 2. The largest absolute Gasteiger partial charge is 0.356 e. The van der Waals surface area contributed by atoms with Gasteiger partial charge < -0.3 is 10.2 Å². The van der Waals surface area contributed by atoms with Gasteiger partial charge >= 0.3 is 0 Å². The maximum Gasteiger partial charge on any atom is 0.221 e. The molecule has 0 rings (SSSR count). The molecule has 1 amide bonds. The minimum atomic E-state index is 0.232. The zero-order chi connectivity index (χ0) is 21.4. The first kappa shape index (κ1) is 28.4. The third-order valence-electron chi connectivity index (χ3n) is 6.03. The van der Waals surface area contributed by atoms with Crippen LogP contribution in [0.25, 0.3) is 0 Å². The highest BCUT2D eigenvalue weighted by molar-refractivity contribution is 5.75. The van der Waals surface area contributed by atoms with E-state index >= 15 is 0 Å². The predicted octanol–water partition coefficient (Wildman–Crippen LogP) is 7.49. The molecular formula is C26H54N2O. The van der Waals surface area contributed by atoms with E-state index in [0.29, 0.717) is 6.42 Å². The van der Waals surface area contributed by atoms with E-state index in [-0.39, 0.29) is 5.91 Å². The summed E-state index contributed by atoms with van der Waals surface area (Å²) in [7, 11) is 0. The van der Waals surface area contributed by atoms with Gasteiger partial charge in [0.15, 0.2) is 0 Å². The van der Waals surface area contributed by atoms with Gasteiger partial charge in [-0.1, -0.05) is 117 Å². The lowest BCUT2D eigenvalue weighted by atomic mass is 10.0. The van der Waals surface area contributed by atoms with Gasteiger partial charge in [0.25, 0.3) is 0 Å². The molecule has 0 saturated carbocycles. The molecule has 0 radical (unpaired) electrons. The number of unbranched alkanes of at least 4 members (excludes halogenated alkanes) is 15. The van der Waals surface area contributed by atoms with Crippen LogP contribution in [-0.4, -0.2) is 37.0 Å². The maximum absolute atomic E-state index is 12.0. The number of amides is 1. The maximum atomic E-state index is 12.0. The van der Waals surface area contributed by atoms with Crippen molar-refractivity contribution in [3.05, 3.63) is 0 Å². The Bertz CT molecular complexity index is 333. The number of rotatable bonds is 23. The SMILES string of the molecule is CCCCCCCCCCCCCCCNC(=O)CCN(CC)CCCCCC. The van der Waals surface area contributed by atoms with Crippen LogP contribution in [0, 0.1) is 0 Å². The van der Waals surface area contributed by atoms with Gasteiger partial charge in [0.05, 0.1) is 0 Å². The van der Waals surface area contributed by atoms with Crippen LogP contribution in [0.4, 0.5) is 0 Å². The molecule has 0 saturated heterocycles. The summed E-state index contributed by atoms with van der Waals surface area (Å²) in [6.07, 6.45) is 23.7. The lowest BCUT2D eigenvalue weighted by molar-refractivity contribution is -0.121. The predicted molar refractivity (Wildman–Crippen MR) is 130 cm³/mol. The van der Waals surface area contributed by atoms with E-state index in [1.807, 2.05) is 0 Å². The standard InChI is InChI=1S/C26H54N2O/c1-4-7-9-11-12-13-14-15-16-17-18-19-20-23-27-26(29)22-25-28(6-3)24-21-10-8-5-2/h4-25H2,1-3H3,(H,27,29). The smallest absolute Gasteiger partial charge is 0.221 e. The average Bonchev–Trinajstić information content (AvgIpc) is 2.73. The second-order valence-electron chi connectivity index (χ2n) is 8.84. The summed E-state index contributed by atoms with van der Waals surface area (Å²) in [6, 6.07) is 0. The molecule has 1 N–H and O–H groups in total. The van der Waals surface area contributed by atoms with Crippen molar-refractivity contribution in [1.29, 1.82) is 0 Å². The third-order valence-corrected chi connectivity index (χ3v) is 6.03. The average molecular weight is 411 g/mol. The highest BCUT2D eigenvalue weighted by Crippen LogP contribution is 2.12. The Morgan fingerprint density at radius 1 is 0.586 bits per heavy atom. The van der Waals surface area contributed by atoms with Gasteiger partial charge in [0.2, 0.25) is 5.91 Å². The lowest BCUT2D eigenvalue weighted by Crippen LogP contribution is -2.31. The van der Waals surface area contributed by atoms with E-state index in [1.165, 1.54) is 103 Å². The zero-order valence-electron chi connectivity index (χ0n) is 20.4. The molecule has 0 fully saturated rings. The van der Waals surface area contributed by atoms with Crippen LogP contribution < -0.4 is 5.32 Å². The first-order chi connectivity index (χ1) is 14.2. The van der Waals surface area contributed by atoms with Gasteiger partial charge in [0, 0.05) is 19.5 Å².